The number of thiazole rings is 1. The zero-order valence-corrected chi connectivity index (χ0v) is 10.6. The number of anilines is 1. The van der Waals surface area contributed by atoms with Crippen molar-refractivity contribution in [2.24, 2.45) is 0 Å². The molecule has 4 nitrogen and oxygen atoms in total. The lowest BCUT2D eigenvalue weighted by Gasteiger charge is -2.07. The van der Waals surface area contributed by atoms with Gasteiger partial charge in [-0.2, -0.15) is 0 Å². The molecule has 90 valence electrons. The highest BCUT2D eigenvalue weighted by Crippen LogP contribution is 2.26. The van der Waals surface area contributed by atoms with E-state index >= 15 is 0 Å². The van der Waals surface area contributed by atoms with Gasteiger partial charge in [-0.3, -0.25) is 0 Å². The molecule has 0 saturated heterocycles. The molecule has 0 aliphatic rings. The monoisotopic (exact) mass is 250 g/mol. The van der Waals surface area contributed by atoms with Gasteiger partial charge in [-0.15, -0.1) is 11.3 Å². The van der Waals surface area contributed by atoms with Crippen LogP contribution in [0.25, 0.3) is 0 Å². The molecule has 5 heteroatoms. The molecule has 0 radical (unpaired) electrons. The van der Waals surface area contributed by atoms with Gasteiger partial charge in [0.15, 0.2) is 5.13 Å². The molecular weight excluding hydrogens is 236 g/mol. The smallest absolute Gasteiger partial charge is 0.180 e. The molecule has 2 rings (SSSR count). The average molecular weight is 250 g/mol. The third-order valence-corrected chi connectivity index (χ3v) is 3.19. The second-order valence-electron chi connectivity index (χ2n) is 3.56. The summed E-state index contributed by atoms with van der Waals surface area (Å²) in [4.78, 5) is 5.15. The summed E-state index contributed by atoms with van der Waals surface area (Å²) in [5.41, 5.74) is 6.72. The summed E-state index contributed by atoms with van der Waals surface area (Å²) < 4.78 is 10.4. The highest BCUT2D eigenvalue weighted by Gasteiger charge is 2.05. The molecule has 0 atom stereocenters. The molecule has 17 heavy (non-hydrogen) atoms. The molecule has 0 amide bonds. The molecule has 1 aromatic carbocycles. The minimum absolute atomic E-state index is 0.592. The number of ether oxygens (including phenoxy) is 2. The Balaban J connectivity index is 2.25. The Bertz CT molecular complexity index is 489. The fourth-order valence-electron chi connectivity index (χ4n) is 1.57. The predicted octanol–water partition coefficient (Wildman–Crippen LogP) is 2.33. The van der Waals surface area contributed by atoms with E-state index in [1.165, 1.54) is 11.3 Å². The Kier molecular flexibility index (Phi) is 3.49. The molecule has 0 aliphatic heterocycles. The van der Waals surface area contributed by atoms with E-state index in [-0.39, 0.29) is 0 Å². The quantitative estimate of drug-likeness (QED) is 0.904. The van der Waals surface area contributed by atoms with Gasteiger partial charge in [0, 0.05) is 23.6 Å². The highest BCUT2D eigenvalue weighted by molar-refractivity contribution is 7.15. The van der Waals surface area contributed by atoms with Gasteiger partial charge in [-0.25, -0.2) is 4.98 Å². The third-order valence-electron chi connectivity index (χ3n) is 2.36. The summed E-state index contributed by atoms with van der Waals surface area (Å²) >= 11 is 1.49. The van der Waals surface area contributed by atoms with Crippen LogP contribution in [0.3, 0.4) is 0 Å². The lowest BCUT2D eigenvalue weighted by molar-refractivity contribution is 0.393. The van der Waals surface area contributed by atoms with E-state index in [4.69, 9.17) is 15.2 Å². The van der Waals surface area contributed by atoms with Crippen molar-refractivity contribution >= 4 is 16.5 Å². The van der Waals surface area contributed by atoms with Gasteiger partial charge in [0.25, 0.3) is 0 Å². The molecule has 2 N–H and O–H groups in total. The number of methoxy groups -OCH3 is 2. The van der Waals surface area contributed by atoms with Crippen LogP contribution in [-0.2, 0) is 6.42 Å². The molecule has 2 aromatic rings. The minimum Gasteiger partial charge on any atom is -0.497 e. The van der Waals surface area contributed by atoms with Gasteiger partial charge in [-0.05, 0) is 17.7 Å². The Morgan fingerprint density at radius 1 is 1.18 bits per heavy atom. The van der Waals surface area contributed by atoms with Crippen molar-refractivity contribution in [3.05, 3.63) is 34.8 Å². The van der Waals surface area contributed by atoms with Crippen LogP contribution in [0.4, 0.5) is 5.13 Å². The van der Waals surface area contributed by atoms with Crippen LogP contribution in [0.15, 0.2) is 24.4 Å². The largest absolute Gasteiger partial charge is 0.497 e. The number of nitrogens with zero attached hydrogens (tertiary/aromatic N) is 1. The minimum atomic E-state index is 0.592. The summed E-state index contributed by atoms with van der Waals surface area (Å²) in [5.74, 6) is 1.58. The van der Waals surface area contributed by atoms with Gasteiger partial charge in [0.1, 0.15) is 11.5 Å². The van der Waals surface area contributed by atoms with Crippen LogP contribution in [0, 0.1) is 0 Å². The molecule has 1 aromatic heterocycles. The SMILES string of the molecule is COc1cc(Cc2cnc(N)s2)cc(OC)c1. The van der Waals surface area contributed by atoms with E-state index in [1.807, 2.05) is 18.2 Å². The first kappa shape index (κ1) is 11.7. The molecule has 0 saturated carbocycles. The normalized spacial score (nSPS) is 10.2. The van der Waals surface area contributed by atoms with Gasteiger partial charge >= 0.3 is 0 Å². The van der Waals surface area contributed by atoms with Gasteiger partial charge in [0.05, 0.1) is 14.2 Å². The molecule has 1 heterocycles. The standard InChI is InChI=1S/C12H14N2O2S/c1-15-9-3-8(4-10(6-9)16-2)5-11-7-14-12(13)17-11/h3-4,6-7H,5H2,1-2H3,(H2,13,14). The molecule has 0 unspecified atom stereocenters. The van der Waals surface area contributed by atoms with E-state index in [9.17, 15) is 0 Å². The summed E-state index contributed by atoms with van der Waals surface area (Å²) in [6.45, 7) is 0. The molecule has 0 fully saturated rings. The van der Waals surface area contributed by atoms with E-state index in [2.05, 4.69) is 4.98 Å². The second kappa shape index (κ2) is 5.05. The molecule has 0 aliphatic carbocycles. The van der Waals surface area contributed by atoms with Crippen molar-refractivity contribution in [2.75, 3.05) is 20.0 Å². The number of nitrogen functional groups attached to an aromatic ring is 1. The summed E-state index contributed by atoms with van der Waals surface area (Å²) in [6, 6.07) is 5.82. The number of hydrogen-bond acceptors (Lipinski definition) is 5. The number of aromatic nitrogens is 1. The zero-order chi connectivity index (χ0) is 12.3. The lowest BCUT2D eigenvalue weighted by Crippen LogP contribution is -1.91. The second-order valence-corrected chi connectivity index (χ2v) is 4.71. The Morgan fingerprint density at radius 2 is 1.82 bits per heavy atom. The van der Waals surface area contributed by atoms with E-state index in [1.54, 1.807) is 20.4 Å². The number of rotatable bonds is 4. The number of hydrogen-bond donors (Lipinski definition) is 1. The fraction of sp³-hybridized carbons (Fsp3) is 0.250. The van der Waals surface area contributed by atoms with Crippen LogP contribution in [0.5, 0.6) is 11.5 Å². The molecule has 0 spiro atoms. The van der Waals surface area contributed by atoms with Crippen molar-refractivity contribution in [3.63, 3.8) is 0 Å². The van der Waals surface area contributed by atoms with Gasteiger partial charge in [-0.1, -0.05) is 0 Å². The van der Waals surface area contributed by atoms with Crippen LogP contribution in [-0.4, -0.2) is 19.2 Å². The van der Waals surface area contributed by atoms with E-state index in [0.717, 1.165) is 28.4 Å². The Labute approximate surface area is 104 Å². The van der Waals surface area contributed by atoms with Gasteiger partial charge < -0.3 is 15.2 Å². The Morgan fingerprint density at radius 3 is 2.29 bits per heavy atom. The predicted molar refractivity (Wildman–Crippen MR) is 68.9 cm³/mol. The highest BCUT2D eigenvalue weighted by atomic mass is 32.1. The number of benzene rings is 1. The van der Waals surface area contributed by atoms with E-state index in [0.29, 0.717) is 5.13 Å². The van der Waals surface area contributed by atoms with Crippen LogP contribution >= 0.6 is 11.3 Å². The van der Waals surface area contributed by atoms with E-state index < -0.39 is 0 Å². The first-order chi connectivity index (χ1) is 8.21. The first-order valence-corrected chi connectivity index (χ1v) is 5.95. The van der Waals surface area contributed by atoms with Crippen LogP contribution < -0.4 is 15.2 Å². The maximum absolute atomic E-state index is 5.60. The summed E-state index contributed by atoms with van der Waals surface area (Å²) in [6.07, 6.45) is 2.58. The van der Waals surface area contributed by atoms with Crippen molar-refractivity contribution in [2.45, 2.75) is 6.42 Å². The van der Waals surface area contributed by atoms with Crippen LogP contribution in [0.2, 0.25) is 0 Å². The zero-order valence-electron chi connectivity index (χ0n) is 9.77. The maximum atomic E-state index is 5.60. The van der Waals surface area contributed by atoms with Crippen molar-refractivity contribution < 1.29 is 9.47 Å². The summed E-state index contributed by atoms with van der Waals surface area (Å²) in [5, 5.41) is 0.592. The van der Waals surface area contributed by atoms with Gasteiger partial charge in [0.2, 0.25) is 0 Å². The van der Waals surface area contributed by atoms with Crippen molar-refractivity contribution in [1.82, 2.24) is 4.98 Å². The molecule has 0 bridgehead atoms. The summed E-state index contributed by atoms with van der Waals surface area (Å²) in [7, 11) is 3.28. The molecular formula is C12H14N2O2S. The Hall–Kier alpha value is -1.75. The third kappa shape index (κ3) is 2.88. The van der Waals surface area contributed by atoms with Crippen LogP contribution in [0.1, 0.15) is 10.4 Å². The fourth-order valence-corrected chi connectivity index (χ4v) is 2.29. The lowest BCUT2D eigenvalue weighted by atomic mass is 10.1. The topological polar surface area (TPSA) is 57.4 Å². The average Bonchev–Trinajstić information content (AvgIpc) is 2.74. The number of nitrogens with two attached hydrogens (primary N) is 1. The maximum Gasteiger partial charge on any atom is 0.180 e. The first-order valence-electron chi connectivity index (χ1n) is 5.13. The van der Waals surface area contributed by atoms with Crippen molar-refractivity contribution in [1.29, 1.82) is 0 Å². The van der Waals surface area contributed by atoms with Crippen molar-refractivity contribution in [3.8, 4) is 11.5 Å².